The predicted molar refractivity (Wildman–Crippen MR) is 90.7 cm³/mol. The van der Waals surface area contributed by atoms with Crippen molar-refractivity contribution in [1.29, 1.82) is 0 Å². The first-order valence-electron chi connectivity index (χ1n) is 7.81. The molecule has 122 valence electrons. The molecule has 23 heavy (non-hydrogen) atoms. The second kappa shape index (κ2) is 7.63. The first kappa shape index (κ1) is 16.8. The topological polar surface area (TPSA) is 85.3 Å². The number of carbonyl (C=O) groups is 2. The standard InChI is InChI=1S/C18H22N2O3/c1-3-4-5-10-20-14-8-6-13(7-9-14)15-11-16(12(2)21)23-17(15)18(19)22/h6-9,11,20H,3-5,10H2,1-2H3,(H2,19,22). The lowest BCUT2D eigenvalue weighted by molar-refractivity contribution is 0.0957. The zero-order valence-electron chi connectivity index (χ0n) is 13.5. The molecule has 5 nitrogen and oxygen atoms in total. The molecule has 0 spiro atoms. The lowest BCUT2D eigenvalue weighted by Gasteiger charge is -2.07. The molecule has 1 aromatic heterocycles. The number of primary amides is 1. The first-order chi connectivity index (χ1) is 11.0. The van der Waals surface area contributed by atoms with Crippen molar-refractivity contribution >= 4 is 17.4 Å². The van der Waals surface area contributed by atoms with Gasteiger partial charge in [-0.2, -0.15) is 0 Å². The summed E-state index contributed by atoms with van der Waals surface area (Å²) in [7, 11) is 0. The molecule has 0 radical (unpaired) electrons. The maximum atomic E-state index is 11.5. The van der Waals surface area contributed by atoms with Crippen molar-refractivity contribution in [3.05, 3.63) is 41.9 Å². The summed E-state index contributed by atoms with van der Waals surface area (Å²) in [6.45, 7) is 4.49. The largest absolute Gasteiger partial charge is 0.447 e. The molecule has 1 amide bonds. The average molecular weight is 314 g/mol. The molecule has 0 fully saturated rings. The molecule has 0 unspecified atom stereocenters. The third-order valence-corrected chi connectivity index (χ3v) is 3.61. The van der Waals surface area contributed by atoms with Crippen molar-refractivity contribution in [2.24, 2.45) is 5.73 Å². The monoisotopic (exact) mass is 314 g/mol. The second-order valence-corrected chi connectivity index (χ2v) is 5.49. The molecular formula is C18H22N2O3. The van der Waals surface area contributed by atoms with Crippen molar-refractivity contribution in [1.82, 2.24) is 0 Å². The van der Waals surface area contributed by atoms with E-state index in [2.05, 4.69) is 12.2 Å². The van der Waals surface area contributed by atoms with Crippen LogP contribution in [0.25, 0.3) is 11.1 Å². The number of Topliss-reactive ketones (excluding diaryl/α,β-unsaturated/α-hetero) is 1. The molecule has 0 aliphatic carbocycles. The summed E-state index contributed by atoms with van der Waals surface area (Å²) in [5.74, 6) is -0.781. The molecule has 2 aromatic rings. The van der Waals surface area contributed by atoms with Crippen molar-refractivity contribution < 1.29 is 14.0 Å². The molecular weight excluding hydrogens is 292 g/mol. The highest BCUT2D eigenvalue weighted by Crippen LogP contribution is 2.28. The average Bonchev–Trinajstić information content (AvgIpc) is 2.98. The fraction of sp³-hybridized carbons (Fsp3) is 0.333. The van der Waals surface area contributed by atoms with E-state index in [9.17, 15) is 9.59 Å². The molecule has 1 aromatic carbocycles. The number of unbranched alkanes of at least 4 members (excludes halogenated alkanes) is 2. The number of rotatable bonds is 8. The second-order valence-electron chi connectivity index (χ2n) is 5.49. The van der Waals surface area contributed by atoms with E-state index in [1.165, 1.54) is 19.8 Å². The molecule has 0 aliphatic heterocycles. The Balaban J connectivity index is 2.18. The SMILES string of the molecule is CCCCCNc1ccc(-c2cc(C(C)=O)oc2C(N)=O)cc1. The summed E-state index contributed by atoms with van der Waals surface area (Å²) in [4.78, 5) is 22.9. The van der Waals surface area contributed by atoms with Gasteiger partial charge in [0.2, 0.25) is 0 Å². The Morgan fingerprint density at radius 3 is 2.43 bits per heavy atom. The van der Waals surface area contributed by atoms with E-state index in [4.69, 9.17) is 10.2 Å². The van der Waals surface area contributed by atoms with E-state index in [0.29, 0.717) is 5.56 Å². The number of benzene rings is 1. The van der Waals surface area contributed by atoms with Gasteiger partial charge in [-0.05, 0) is 30.2 Å². The van der Waals surface area contributed by atoms with Gasteiger partial charge in [-0.1, -0.05) is 31.9 Å². The number of anilines is 1. The Bertz CT molecular complexity index is 687. The highest BCUT2D eigenvalue weighted by atomic mass is 16.4. The van der Waals surface area contributed by atoms with Crippen LogP contribution in [0, 0.1) is 0 Å². The first-order valence-corrected chi connectivity index (χ1v) is 7.81. The Kier molecular flexibility index (Phi) is 5.57. The van der Waals surface area contributed by atoms with E-state index >= 15 is 0 Å². The summed E-state index contributed by atoms with van der Waals surface area (Å²) in [5, 5.41) is 3.35. The zero-order valence-corrected chi connectivity index (χ0v) is 13.5. The van der Waals surface area contributed by atoms with E-state index < -0.39 is 5.91 Å². The van der Waals surface area contributed by atoms with Gasteiger partial charge in [0.1, 0.15) is 0 Å². The quantitative estimate of drug-likeness (QED) is 0.572. The van der Waals surface area contributed by atoms with Gasteiger partial charge < -0.3 is 15.5 Å². The highest BCUT2D eigenvalue weighted by molar-refractivity contribution is 6.01. The Hall–Kier alpha value is -2.56. The smallest absolute Gasteiger partial charge is 0.285 e. The van der Waals surface area contributed by atoms with Gasteiger partial charge in [0.25, 0.3) is 5.91 Å². The minimum absolute atomic E-state index is 0.0128. The van der Waals surface area contributed by atoms with Crippen LogP contribution in [0.2, 0.25) is 0 Å². The molecule has 2 rings (SSSR count). The van der Waals surface area contributed by atoms with Gasteiger partial charge in [0, 0.05) is 24.7 Å². The third-order valence-electron chi connectivity index (χ3n) is 3.61. The van der Waals surface area contributed by atoms with Crippen molar-refractivity contribution in [3.8, 4) is 11.1 Å². The number of amides is 1. The zero-order chi connectivity index (χ0) is 16.8. The van der Waals surface area contributed by atoms with Crippen molar-refractivity contribution in [2.45, 2.75) is 33.1 Å². The minimum atomic E-state index is -0.686. The van der Waals surface area contributed by atoms with Crippen molar-refractivity contribution in [3.63, 3.8) is 0 Å². The number of nitrogens with one attached hydrogen (secondary N) is 1. The van der Waals surface area contributed by atoms with Gasteiger partial charge in [-0.25, -0.2) is 0 Å². The van der Waals surface area contributed by atoms with E-state index in [1.54, 1.807) is 6.07 Å². The minimum Gasteiger partial charge on any atom is -0.447 e. The van der Waals surface area contributed by atoms with Crippen molar-refractivity contribution in [2.75, 3.05) is 11.9 Å². The van der Waals surface area contributed by atoms with Gasteiger partial charge in [0.05, 0.1) is 0 Å². The lowest BCUT2D eigenvalue weighted by atomic mass is 10.0. The van der Waals surface area contributed by atoms with Crippen LogP contribution in [-0.4, -0.2) is 18.2 Å². The molecule has 3 N–H and O–H groups in total. The molecule has 0 saturated heterocycles. The molecule has 5 heteroatoms. The number of carbonyl (C=O) groups excluding carboxylic acids is 2. The molecule has 1 heterocycles. The Morgan fingerprint density at radius 2 is 1.87 bits per heavy atom. The number of nitrogens with two attached hydrogens (primary N) is 1. The molecule has 0 saturated carbocycles. The molecule has 0 aliphatic rings. The van der Waals surface area contributed by atoms with E-state index in [0.717, 1.165) is 24.2 Å². The maximum Gasteiger partial charge on any atom is 0.285 e. The van der Waals surface area contributed by atoms with Crippen LogP contribution in [0.3, 0.4) is 0 Å². The van der Waals surface area contributed by atoms with Crippen LogP contribution in [0.5, 0.6) is 0 Å². The fourth-order valence-electron chi connectivity index (χ4n) is 2.34. The van der Waals surface area contributed by atoms with Crippen LogP contribution in [0.4, 0.5) is 5.69 Å². The highest BCUT2D eigenvalue weighted by Gasteiger charge is 2.19. The van der Waals surface area contributed by atoms with Crippen LogP contribution in [0.15, 0.2) is 34.7 Å². The summed E-state index contributed by atoms with van der Waals surface area (Å²) in [6, 6.07) is 9.19. The lowest BCUT2D eigenvalue weighted by Crippen LogP contribution is -2.10. The summed E-state index contributed by atoms with van der Waals surface area (Å²) >= 11 is 0. The van der Waals surface area contributed by atoms with E-state index in [1.807, 2.05) is 24.3 Å². The number of furan rings is 1. The Morgan fingerprint density at radius 1 is 1.17 bits per heavy atom. The number of ketones is 1. The van der Waals surface area contributed by atoms with Gasteiger partial charge in [-0.3, -0.25) is 9.59 Å². The van der Waals surface area contributed by atoms with Gasteiger partial charge in [0.15, 0.2) is 17.3 Å². The Labute approximate surface area is 135 Å². The van der Waals surface area contributed by atoms with Crippen LogP contribution >= 0.6 is 0 Å². The number of hydrogen-bond donors (Lipinski definition) is 2. The van der Waals surface area contributed by atoms with Crippen LogP contribution in [-0.2, 0) is 0 Å². The summed E-state index contributed by atoms with van der Waals surface area (Å²) < 4.78 is 5.27. The molecule has 0 atom stereocenters. The maximum absolute atomic E-state index is 11.5. The summed E-state index contributed by atoms with van der Waals surface area (Å²) in [5.41, 5.74) is 7.68. The van der Waals surface area contributed by atoms with E-state index in [-0.39, 0.29) is 17.3 Å². The van der Waals surface area contributed by atoms with Crippen LogP contribution < -0.4 is 11.1 Å². The summed E-state index contributed by atoms with van der Waals surface area (Å²) in [6.07, 6.45) is 3.53. The van der Waals surface area contributed by atoms with Gasteiger partial charge in [-0.15, -0.1) is 0 Å². The third kappa shape index (κ3) is 4.22. The van der Waals surface area contributed by atoms with Crippen LogP contribution in [0.1, 0.15) is 54.2 Å². The normalized spacial score (nSPS) is 10.5. The van der Waals surface area contributed by atoms with Gasteiger partial charge >= 0.3 is 0 Å². The fourth-order valence-corrected chi connectivity index (χ4v) is 2.34. The number of hydrogen-bond acceptors (Lipinski definition) is 4. The molecule has 0 bridgehead atoms. The predicted octanol–water partition coefficient (Wildman–Crippen LogP) is 3.85.